The molecule has 0 saturated heterocycles. The van der Waals surface area contributed by atoms with Gasteiger partial charge in [0, 0.05) is 6.54 Å². The molecule has 8 nitrogen and oxygen atoms in total. The zero-order chi connectivity index (χ0) is 10.2. The fraction of sp³-hybridized carbons (Fsp3) is 1.00. The van der Waals surface area contributed by atoms with Gasteiger partial charge in [-0.05, 0) is 0 Å². The number of aliphatic hydroxyl groups is 1. The maximum Gasteiger partial charge on any atom is 1.00 e. The van der Waals surface area contributed by atoms with Crippen molar-refractivity contribution in [3.05, 3.63) is 0 Å². The third-order valence-electron chi connectivity index (χ3n) is 1.19. The van der Waals surface area contributed by atoms with Gasteiger partial charge in [0.1, 0.15) is 0 Å². The molecule has 0 aromatic carbocycles. The molecule has 0 amide bonds. The van der Waals surface area contributed by atoms with E-state index in [1.54, 1.807) is 0 Å². The standard InChI is InChI=1S/C2H9NO7P2.Na/c3-1-2(4,11(5,6)7)12(8,9)10;/h4H,1,3H2,(H2,5,6,7)(H2,8,9,10);/q;+1/p-1. The Kier molecular flexibility index (Phi) is 6.18. The molecule has 6 N–H and O–H groups in total. The smallest absolute Gasteiger partial charge is 0.776 e. The van der Waals surface area contributed by atoms with E-state index in [-0.39, 0.29) is 29.6 Å². The summed E-state index contributed by atoms with van der Waals surface area (Å²) in [5, 5.41) is 5.20. The predicted octanol–water partition coefficient (Wildman–Crippen LogP) is -5.68. The van der Waals surface area contributed by atoms with Gasteiger partial charge in [0.15, 0.2) is 7.60 Å². The molecule has 0 aromatic heterocycles. The zero-order valence-electron chi connectivity index (χ0n) is 6.69. The van der Waals surface area contributed by atoms with Gasteiger partial charge >= 0.3 is 37.2 Å². The molecule has 0 aromatic rings. The van der Waals surface area contributed by atoms with Crippen molar-refractivity contribution in [3.8, 4) is 0 Å². The first kappa shape index (κ1) is 16.6. The van der Waals surface area contributed by atoms with Gasteiger partial charge in [0.05, 0.1) is 0 Å². The van der Waals surface area contributed by atoms with Crippen LogP contribution in [0, 0.1) is 0 Å². The molecule has 11 heteroatoms. The number of hydrogen-bond donors (Lipinski definition) is 5. The average molecular weight is 243 g/mol. The fourth-order valence-corrected chi connectivity index (χ4v) is 2.18. The summed E-state index contributed by atoms with van der Waals surface area (Å²) < 4.78 is 20.7. The van der Waals surface area contributed by atoms with E-state index in [1.165, 1.54) is 0 Å². The van der Waals surface area contributed by atoms with Gasteiger partial charge < -0.3 is 35.0 Å². The molecule has 0 aliphatic heterocycles. The second kappa shape index (κ2) is 4.83. The summed E-state index contributed by atoms with van der Waals surface area (Å²) in [6, 6.07) is 0. The second-order valence-corrected chi connectivity index (χ2v) is 6.00. The van der Waals surface area contributed by atoms with Crippen molar-refractivity contribution >= 4 is 15.2 Å². The van der Waals surface area contributed by atoms with Gasteiger partial charge in [-0.25, -0.2) is 0 Å². The Morgan fingerprint density at radius 2 is 1.62 bits per heavy atom. The van der Waals surface area contributed by atoms with Crippen molar-refractivity contribution in [2.24, 2.45) is 5.73 Å². The minimum absolute atomic E-state index is 0. The first-order valence-electron chi connectivity index (χ1n) is 2.58. The number of hydrogen-bond acceptors (Lipinski definition) is 5. The van der Waals surface area contributed by atoms with Gasteiger partial charge in [-0.15, -0.1) is 0 Å². The van der Waals surface area contributed by atoms with Crippen LogP contribution in [0.2, 0.25) is 0 Å². The van der Waals surface area contributed by atoms with Crippen LogP contribution >= 0.6 is 15.2 Å². The van der Waals surface area contributed by atoms with E-state index in [9.17, 15) is 14.0 Å². The van der Waals surface area contributed by atoms with Crippen molar-refractivity contribution < 1.29 is 63.4 Å². The van der Waals surface area contributed by atoms with Gasteiger partial charge in [0.2, 0.25) is 5.08 Å². The molecule has 0 spiro atoms. The maximum atomic E-state index is 10.4. The predicted molar refractivity (Wildman–Crippen MR) is 35.9 cm³/mol. The zero-order valence-corrected chi connectivity index (χ0v) is 10.5. The van der Waals surface area contributed by atoms with Gasteiger partial charge in [-0.3, -0.25) is 4.57 Å². The summed E-state index contributed by atoms with van der Waals surface area (Å²) in [6.07, 6.45) is 0. The van der Waals surface area contributed by atoms with Gasteiger partial charge in [-0.2, -0.15) is 0 Å². The van der Waals surface area contributed by atoms with Crippen LogP contribution < -0.4 is 40.2 Å². The molecule has 13 heavy (non-hydrogen) atoms. The Bertz CT molecular complexity index is 233. The maximum absolute atomic E-state index is 10.4. The monoisotopic (exact) mass is 243 g/mol. The Morgan fingerprint density at radius 3 is 1.62 bits per heavy atom. The van der Waals surface area contributed by atoms with Crippen molar-refractivity contribution in [2.45, 2.75) is 5.08 Å². The fourth-order valence-electron chi connectivity index (χ4n) is 0.399. The summed E-state index contributed by atoms with van der Waals surface area (Å²) in [7, 11) is -11.0. The molecule has 0 heterocycles. The van der Waals surface area contributed by atoms with Crippen LogP contribution in [-0.2, 0) is 9.13 Å². The molecule has 0 radical (unpaired) electrons. The summed E-state index contributed by atoms with van der Waals surface area (Å²) >= 11 is 0. The third kappa shape index (κ3) is 3.37. The van der Waals surface area contributed by atoms with Crippen LogP contribution in [0.25, 0.3) is 0 Å². The number of nitrogens with two attached hydrogens (primary N) is 1. The summed E-state index contributed by atoms with van der Waals surface area (Å²) in [4.78, 5) is 35.2. The van der Waals surface area contributed by atoms with Crippen molar-refractivity contribution in [1.82, 2.24) is 0 Å². The molecule has 2 atom stereocenters. The van der Waals surface area contributed by atoms with E-state index in [1.807, 2.05) is 0 Å². The molecule has 0 saturated carbocycles. The van der Waals surface area contributed by atoms with E-state index in [0.717, 1.165) is 0 Å². The van der Waals surface area contributed by atoms with Gasteiger partial charge in [0.25, 0.3) is 0 Å². The van der Waals surface area contributed by atoms with Crippen LogP contribution in [0.4, 0.5) is 0 Å². The van der Waals surface area contributed by atoms with E-state index in [4.69, 9.17) is 19.8 Å². The minimum Gasteiger partial charge on any atom is -0.776 e. The van der Waals surface area contributed by atoms with Crippen LogP contribution in [0.15, 0.2) is 0 Å². The van der Waals surface area contributed by atoms with E-state index < -0.39 is 26.8 Å². The van der Waals surface area contributed by atoms with Crippen LogP contribution in [0.1, 0.15) is 0 Å². The molecule has 0 bridgehead atoms. The van der Waals surface area contributed by atoms with E-state index in [0.29, 0.717) is 0 Å². The summed E-state index contributed by atoms with van der Waals surface area (Å²) in [5.41, 5.74) is 4.60. The molecular formula is C2H8NNaO7P2. The Balaban J connectivity index is 0. The molecule has 0 aliphatic rings. The molecule has 0 rings (SSSR count). The normalized spacial score (nSPS) is 21.1. The Morgan fingerprint density at radius 1 is 1.31 bits per heavy atom. The Hall–Kier alpha value is 1.22. The molecule has 74 valence electrons. The first-order valence-corrected chi connectivity index (χ1v) is 5.77. The van der Waals surface area contributed by atoms with E-state index >= 15 is 0 Å². The largest absolute Gasteiger partial charge is 1.00 e. The molecular weight excluding hydrogens is 235 g/mol. The quantitative estimate of drug-likeness (QED) is 0.241. The molecule has 2 unspecified atom stereocenters. The molecule has 0 aliphatic carbocycles. The van der Waals surface area contributed by atoms with Crippen molar-refractivity contribution in [2.75, 3.05) is 6.54 Å². The minimum atomic E-state index is -5.59. The second-order valence-electron chi connectivity index (χ2n) is 2.04. The summed E-state index contributed by atoms with van der Waals surface area (Å²) in [6.45, 7) is -1.28. The third-order valence-corrected chi connectivity index (χ3v) is 4.94. The first-order chi connectivity index (χ1) is 5.06. The van der Waals surface area contributed by atoms with E-state index in [2.05, 4.69) is 5.73 Å². The SMILES string of the molecule is NCC(O)(P(=O)([O-])O)P(=O)(O)O.[Na+]. The summed E-state index contributed by atoms with van der Waals surface area (Å²) in [5.74, 6) is 0. The van der Waals surface area contributed by atoms with Gasteiger partial charge in [-0.1, -0.05) is 0 Å². The van der Waals surface area contributed by atoms with Crippen LogP contribution in [-0.4, -0.2) is 31.4 Å². The Labute approximate surface area is 95.8 Å². The average Bonchev–Trinajstić information content (AvgIpc) is 1.81. The van der Waals surface area contributed by atoms with Crippen molar-refractivity contribution in [3.63, 3.8) is 0 Å². The topological polar surface area (TPSA) is 164 Å². The van der Waals surface area contributed by atoms with Crippen molar-refractivity contribution in [1.29, 1.82) is 0 Å². The van der Waals surface area contributed by atoms with Crippen LogP contribution in [0.3, 0.4) is 0 Å². The molecule has 0 fully saturated rings. The van der Waals surface area contributed by atoms with Crippen LogP contribution in [0.5, 0.6) is 0 Å². The number of rotatable bonds is 3.